The fourth-order valence-electron chi connectivity index (χ4n) is 3.93. The number of benzene rings is 1. The predicted octanol–water partition coefficient (Wildman–Crippen LogP) is 2.31. The molecule has 142 valence electrons. The molecule has 2 aliphatic heterocycles. The second-order valence-electron chi connectivity index (χ2n) is 7.30. The van der Waals surface area contributed by atoms with Gasteiger partial charge in [0.1, 0.15) is 5.82 Å². The number of hydrogen-bond donors (Lipinski definition) is 2. The Hall–Kier alpha value is -2.74. The quantitative estimate of drug-likeness (QED) is 0.849. The summed E-state index contributed by atoms with van der Waals surface area (Å²) in [6, 6.07) is 3.15. The Morgan fingerprint density at radius 3 is 2.74 bits per heavy atom. The molecule has 1 aromatic heterocycles. The zero-order chi connectivity index (χ0) is 19.3. The molecule has 3 heterocycles. The van der Waals surface area contributed by atoms with E-state index in [0.29, 0.717) is 16.8 Å². The molecule has 0 saturated carbocycles. The highest BCUT2D eigenvalue weighted by atomic mass is 19.1. The van der Waals surface area contributed by atoms with Crippen LogP contribution in [0.5, 0.6) is 0 Å². The Morgan fingerprint density at radius 1 is 1.26 bits per heavy atom. The molecular weight excluding hydrogens is 349 g/mol. The van der Waals surface area contributed by atoms with Gasteiger partial charge in [-0.05, 0) is 38.0 Å². The Morgan fingerprint density at radius 2 is 2.04 bits per heavy atom. The number of nitrogens with one attached hydrogen (secondary N) is 2. The van der Waals surface area contributed by atoms with E-state index in [2.05, 4.69) is 22.7 Å². The third kappa shape index (κ3) is 3.10. The van der Waals surface area contributed by atoms with E-state index in [9.17, 15) is 9.59 Å². The average Bonchev–Trinajstić information content (AvgIpc) is 2.89. The maximum absolute atomic E-state index is 15.0. The summed E-state index contributed by atoms with van der Waals surface area (Å²) in [5.74, 6) is -0.284. The Labute approximate surface area is 156 Å². The van der Waals surface area contributed by atoms with Gasteiger partial charge in [0.15, 0.2) is 5.82 Å². The third-order valence-electron chi connectivity index (χ3n) is 5.10. The van der Waals surface area contributed by atoms with E-state index < -0.39 is 6.03 Å². The number of urea groups is 1. The number of nitrogens with zero attached hydrogens (tertiary/aromatic N) is 3. The molecule has 1 fully saturated rings. The van der Waals surface area contributed by atoms with Crippen molar-refractivity contribution in [2.75, 3.05) is 11.4 Å². The average molecular weight is 371 g/mol. The lowest BCUT2D eigenvalue weighted by Gasteiger charge is -2.26. The zero-order valence-electron chi connectivity index (χ0n) is 15.5. The number of imide groups is 1. The van der Waals surface area contributed by atoms with Crippen molar-refractivity contribution in [2.45, 2.75) is 38.8 Å². The van der Waals surface area contributed by atoms with E-state index in [4.69, 9.17) is 0 Å². The number of carbonyl (C=O) groups excluding carboxylic acids is 2. The summed E-state index contributed by atoms with van der Waals surface area (Å²) >= 11 is 0. The maximum Gasteiger partial charge on any atom is 0.329 e. The minimum atomic E-state index is -0.528. The van der Waals surface area contributed by atoms with Crippen molar-refractivity contribution < 1.29 is 14.0 Å². The minimum Gasteiger partial charge on any atom is -0.308 e. The molecule has 27 heavy (non-hydrogen) atoms. The van der Waals surface area contributed by atoms with E-state index in [-0.39, 0.29) is 36.8 Å². The predicted molar refractivity (Wildman–Crippen MR) is 101 cm³/mol. The number of rotatable bonds is 2. The van der Waals surface area contributed by atoms with Crippen LogP contribution in [0.15, 0.2) is 18.2 Å². The van der Waals surface area contributed by atoms with E-state index >= 15 is 4.39 Å². The van der Waals surface area contributed by atoms with Crippen molar-refractivity contribution in [1.29, 1.82) is 0 Å². The fraction of sp³-hybridized carbons (Fsp3) is 0.421. The molecule has 2 atom stereocenters. The van der Waals surface area contributed by atoms with Crippen LogP contribution in [0, 0.1) is 5.82 Å². The lowest BCUT2D eigenvalue weighted by Crippen LogP contribution is -2.49. The van der Waals surface area contributed by atoms with Crippen LogP contribution in [0.25, 0.3) is 16.5 Å². The molecule has 1 saturated heterocycles. The second-order valence-corrected chi connectivity index (χ2v) is 7.30. The lowest BCUT2D eigenvalue weighted by molar-refractivity contribution is -0.120. The third-order valence-corrected chi connectivity index (χ3v) is 5.10. The maximum atomic E-state index is 15.0. The highest BCUT2D eigenvalue weighted by molar-refractivity contribution is 6.09. The number of aryl methyl sites for hydroxylation is 1. The van der Waals surface area contributed by atoms with Gasteiger partial charge in [-0.3, -0.25) is 19.7 Å². The highest BCUT2D eigenvalue weighted by Gasteiger charge is 2.29. The van der Waals surface area contributed by atoms with Gasteiger partial charge in [-0.2, -0.15) is 5.10 Å². The van der Waals surface area contributed by atoms with Crippen molar-refractivity contribution in [1.82, 2.24) is 20.4 Å². The summed E-state index contributed by atoms with van der Waals surface area (Å²) in [5, 5.41) is 10.7. The molecule has 0 spiro atoms. The van der Waals surface area contributed by atoms with Gasteiger partial charge in [-0.25, -0.2) is 9.18 Å². The van der Waals surface area contributed by atoms with Gasteiger partial charge in [0.25, 0.3) is 0 Å². The minimum absolute atomic E-state index is 0.176. The highest BCUT2D eigenvalue weighted by Crippen LogP contribution is 2.33. The molecule has 2 aliphatic rings. The Kier molecular flexibility index (Phi) is 4.22. The van der Waals surface area contributed by atoms with Crippen molar-refractivity contribution >= 4 is 34.2 Å². The largest absolute Gasteiger partial charge is 0.329 e. The number of amides is 3. The molecule has 2 aromatic rings. The van der Waals surface area contributed by atoms with Crippen LogP contribution in [-0.4, -0.2) is 40.3 Å². The molecule has 1 aromatic carbocycles. The summed E-state index contributed by atoms with van der Waals surface area (Å²) in [7, 11) is 1.77. The summed E-state index contributed by atoms with van der Waals surface area (Å²) < 4.78 is 16.6. The number of hydrogen-bond acceptors (Lipinski definition) is 4. The van der Waals surface area contributed by atoms with E-state index in [1.165, 1.54) is 11.0 Å². The van der Waals surface area contributed by atoms with E-state index in [1.807, 2.05) is 13.0 Å². The molecule has 8 heteroatoms. The van der Waals surface area contributed by atoms with Gasteiger partial charge in [-0.1, -0.05) is 6.08 Å². The zero-order valence-corrected chi connectivity index (χ0v) is 15.5. The molecule has 0 radical (unpaired) electrons. The van der Waals surface area contributed by atoms with Crippen LogP contribution in [0.2, 0.25) is 0 Å². The normalized spacial score (nSPS) is 23.6. The van der Waals surface area contributed by atoms with Crippen molar-refractivity contribution in [2.24, 2.45) is 7.05 Å². The van der Waals surface area contributed by atoms with Crippen LogP contribution < -0.4 is 15.5 Å². The van der Waals surface area contributed by atoms with Crippen molar-refractivity contribution in [3.05, 3.63) is 29.6 Å². The van der Waals surface area contributed by atoms with Crippen molar-refractivity contribution in [3.63, 3.8) is 0 Å². The van der Waals surface area contributed by atoms with Crippen LogP contribution in [-0.2, 0) is 11.8 Å². The summed E-state index contributed by atoms with van der Waals surface area (Å²) in [6.45, 7) is 4.36. The van der Waals surface area contributed by atoms with Crippen molar-refractivity contribution in [3.8, 4) is 0 Å². The number of anilines is 1. The second kappa shape index (κ2) is 6.45. The Balaban J connectivity index is 1.79. The molecule has 7 nitrogen and oxygen atoms in total. The van der Waals surface area contributed by atoms with Crippen LogP contribution in [0.1, 0.15) is 32.3 Å². The topological polar surface area (TPSA) is 79.3 Å². The lowest BCUT2D eigenvalue weighted by atomic mass is 9.92. The van der Waals surface area contributed by atoms with Gasteiger partial charge >= 0.3 is 6.03 Å². The number of fused-ring (bicyclic) bond motifs is 1. The first-order chi connectivity index (χ1) is 12.8. The van der Waals surface area contributed by atoms with Gasteiger partial charge < -0.3 is 5.32 Å². The first-order valence-electron chi connectivity index (χ1n) is 9.08. The van der Waals surface area contributed by atoms with Crippen LogP contribution in [0.3, 0.4) is 0 Å². The molecule has 3 amide bonds. The SMILES string of the molecule is C[C@@H]1C=C(c2cc3c(cc2F)c(N2CCC(=O)NC2=O)nn3C)C[C@H](C)N1. The Bertz CT molecular complexity index is 980. The smallest absolute Gasteiger partial charge is 0.308 e. The molecule has 0 aliphatic carbocycles. The van der Waals surface area contributed by atoms with Gasteiger partial charge in [0, 0.05) is 43.0 Å². The number of halogens is 1. The molecule has 4 rings (SSSR count). The van der Waals surface area contributed by atoms with Gasteiger partial charge in [0.2, 0.25) is 5.91 Å². The summed E-state index contributed by atoms with van der Waals surface area (Å²) in [4.78, 5) is 24.9. The first-order valence-corrected chi connectivity index (χ1v) is 9.08. The van der Waals surface area contributed by atoms with Gasteiger partial charge in [0.05, 0.1) is 5.52 Å². The van der Waals surface area contributed by atoms with Crippen LogP contribution in [0.4, 0.5) is 15.0 Å². The summed E-state index contributed by atoms with van der Waals surface area (Å²) in [6.07, 6.45) is 2.99. The van der Waals surface area contributed by atoms with E-state index in [0.717, 1.165) is 17.5 Å². The number of aromatic nitrogens is 2. The standard InChI is InChI=1S/C19H22FN5O2/c1-10-6-12(7-11(2)21-10)13-9-16-14(8-15(13)20)18(23-24(16)3)25-5-4-17(26)22-19(25)27/h6,8-11,21H,4-5,7H2,1-3H3,(H,22,26,27)/t10-,11+/m1/s1. The molecule has 0 bridgehead atoms. The first kappa shape index (κ1) is 17.7. The molecule has 0 unspecified atom stereocenters. The molecular formula is C19H22FN5O2. The fourth-order valence-corrected chi connectivity index (χ4v) is 3.93. The van der Waals surface area contributed by atoms with Crippen LogP contribution >= 0.6 is 0 Å². The monoisotopic (exact) mass is 371 g/mol. The van der Waals surface area contributed by atoms with Gasteiger partial charge in [-0.15, -0.1) is 0 Å². The number of carbonyl (C=O) groups is 2. The molecule has 2 N–H and O–H groups in total. The summed E-state index contributed by atoms with van der Waals surface area (Å²) in [5.41, 5.74) is 2.28. The van der Waals surface area contributed by atoms with E-state index in [1.54, 1.807) is 17.8 Å².